The molecule has 5 N–H and O–H groups in total. The summed E-state index contributed by atoms with van der Waals surface area (Å²) in [6.07, 6.45) is 6.09. The minimum Gasteiger partial charge on any atom is -0.481 e. The fraction of sp³-hybridized carbons (Fsp3) is 0.323. The average molecular weight is 1890 g/mol. The maximum atomic E-state index is 14.7. The number of nitrogens with one attached hydrogen (secondary N) is 3. The molecule has 6 saturated heterocycles. The molecule has 6 amide bonds. The molecule has 3 aromatic heterocycles. The van der Waals surface area contributed by atoms with Crippen molar-refractivity contribution in [2.75, 3.05) is 134 Å². The van der Waals surface area contributed by atoms with Gasteiger partial charge in [0, 0.05) is 196 Å². The second-order valence-electron chi connectivity index (χ2n) is 32.3. The summed E-state index contributed by atoms with van der Waals surface area (Å²) in [5, 5.41) is 36.8. The van der Waals surface area contributed by atoms with Crippen molar-refractivity contribution in [1.29, 1.82) is 0 Å². The van der Waals surface area contributed by atoms with E-state index >= 15 is 0 Å². The van der Waals surface area contributed by atoms with E-state index in [1.54, 1.807) is 70.5 Å². The SMILES string of the molecule is COC(=O)C1=C(CN2CCN3C(=O)N(c4ccc(CCC(=O)O)cc4)C[C@@H]3C2)NC(c2nccs2)=N[C@H]1c1ccc(Cl)cc1.COC(=O)C1=C(CN2CCN3C(=O)N(c4ccc(CCC(=O)O)cc4)C[C@@H]3C2)NC(c2nccs2)=N[C@H]1c1cccc(F)c1C.COC(=O)C1=C(CN2CCN3C(=O)N(c4ccc(COC=O)cc4)C[C@@H]3C2)NC(c2nccs2)=N[C@H]1c1ccccc1Cl. The van der Waals surface area contributed by atoms with Crippen molar-refractivity contribution in [3.8, 4) is 0 Å². The number of aliphatic imine (C=N–C) groups is 3. The lowest BCUT2D eigenvalue weighted by atomic mass is 9.92. The van der Waals surface area contributed by atoms with Crippen molar-refractivity contribution >= 4 is 146 Å². The van der Waals surface area contributed by atoms with E-state index < -0.39 is 48.0 Å². The number of aryl methyl sites for hydroxylation is 2. The number of fused-ring (bicyclic) bond motifs is 3. The quantitative estimate of drug-likeness (QED) is 0.0181. The number of benzene rings is 6. The highest BCUT2D eigenvalue weighted by molar-refractivity contribution is 7.12. The maximum Gasteiger partial charge on any atom is 0.338 e. The number of nitrogens with zero attached hydrogens (tertiary/aromatic N) is 15. The van der Waals surface area contributed by atoms with Crippen LogP contribution in [0.15, 0.2) is 223 Å². The molecule has 6 atom stereocenters. The molecule has 9 aromatic rings. The van der Waals surface area contributed by atoms with E-state index in [0.717, 1.165) is 39.3 Å². The second-order valence-corrected chi connectivity index (χ2v) is 35.9. The Morgan fingerprint density at radius 3 is 1.21 bits per heavy atom. The molecule has 33 nitrogen and oxygen atoms in total. The molecule has 12 heterocycles. The van der Waals surface area contributed by atoms with Crippen LogP contribution < -0.4 is 30.7 Å². The number of hydrogen-bond donors (Lipinski definition) is 5. The number of anilines is 3. The van der Waals surface area contributed by atoms with Crippen LogP contribution in [0.1, 0.15) is 84.9 Å². The Morgan fingerprint density at radius 2 is 0.841 bits per heavy atom. The van der Waals surface area contributed by atoms with Gasteiger partial charge in [0.15, 0.2) is 32.5 Å². The number of carboxylic acids is 2. The molecule has 0 aliphatic carbocycles. The largest absolute Gasteiger partial charge is 0.481 e. The predicted octanol–water partition coefficient (Wildman–Crippen LogP) is 11.3. The van der Waals surface area contributed by atoms with Gasteiger partial charge in [0.1, 0.15) is 30.5 Å². The van der Waals surface area contributed by atoms with Crippen molar-refractivity contribution in [1.82, 2.24) is 60.3 Å². The third-order valence-corrected chi connectivity index (χ3v) is 27.2. The third-order valence-electron chi connectivity index (χ3n) is 24.3. The predicted molar refractivity (Wildman–Crippen MR) is 496 cm³/mol. The molecule has 6 aromatic carbocycles. The topological polar surface area (TPSA) is 372 Å². The summed E-state index contributed by atoms with van der Waals surface area (Å²) in [5.74, 6) is -1.95. The summed E-state index contributed by atoms with van der Waals surface area (Å²) in [5.41, 5.74) is 10.5. The first-order chi connectivity index (χ1) is 64.0. The number of carbonyl (C=O) groups is 9. The number of amidine groups is 3. The van der Waals surface area contributed by atoms with Gasteiger partial charge in [-0.2, -0.15) is 0 Å². The first kappa shape index (κ1) is 92.1. The van der Waals surface area contributed by atoms with Crippen molar-refractivity contribution in [3.63, 3.8) is 0 Å². The highest BCUT2D eigenvalue weighted by Crippen LogP contribution is 2.41. The lowest BCUT2D eigenvalue weighted by Gasteiger charge is -2.38. The molecule has 132 heavy (non-hydrogen) atoms. The molecular formula is C93H93Cl2FN18O15S3. The van der Waals surface area contributed by atoms with Crippen molar-refractivity contribution in [2.24, 2.45) is 15.0 Å². The van der Waals surface area contributed by atoms with E-state index in [4.69, 9.17) is 67.3 Å². The number of rotatable bonds is 27. The number of amides is 6. The summed E-state index contributed by atoms with van der Waals surface area (Å²) < 4.78 is 35.2. The minimum absolute atomic E-state index is 0.0310. The number of methoxy groups -OCH3 is 3. The van der Waals surface area contributed by atoms with Crippen LogP contribution in [0.4, 0.5) is 35.8 Å². The van der Waals surface area contributed by atoms with Gasteiger partial charge in [0.2, 0.25) is 0 Å². The zero-order chi connectivity index (χ0) is 92.4. The summed E-state index contributed by atoms with van der Waals surface area (Å²) in [7, 11) is 4.04. The minimum atomic E-state index is -0.848. The van der Waals surface area contributed by atoms with Gasteiger partial charge in [-0.3, -0.25) is 58.8 Å². The van der Waals surface area contributed by atoms with E-state index in [1.807, 2.05) is 134 Å². The van der Waals surface area contributed by atoms with Crippen molar-refractivity contribution in [3.05, 3.63) is 278 Å². The highest BCUT2D eigenvalue weighted by Gasteiger charge is 2.47. The maximum absolute atomic E-state index is 14.7. The van der Waals surface area contributed by atoms with Gasteiger partial charge in [0.05, 0.1) is 56.2 Å². The Hall–Kier alpha value is -13.1. The van der Waals surface area contributed by atoms with Crippen LogP contribution in [0.3, 0.4) is 0 Å². The number of aromatic nitrogens is 3. The van der Waals surface area contributed by atoms with Gasteiger partial charge < -0.3 is 59.8 Å². The molecule has 0 unspecified atom stereocenters. The van der Waals surface area contributed by atoms with E-state index in [9.17, 15) is 47.5 Å². The molecule has 0 spiro atoms. The molecule has 684 valence electrons. The number of esters is 3. The summed E-state index contributed by atoms with van der Waals surface area (Å²) in [4.78, 5) is 158. The number of piperazine rings is 3. The summed E-state index contributed by atoms with van der Waals surface area (Å²) in [6, 6.07) is 39.4. The number of halogens is 3. The van der Waals surface area contributed by atoms with Crippen LogP contribution in [-0.2, 0) is 67.2 Å². The van der Waals surface area contributed by atoms with Crippen LogP contribution in [0.2, 0.25) is 10.0 Å². The molecular weight excluding hydrogens is 1800 g/mol. The Kier molecular flexibility index (Phi) is 29.0. The normalized spacial score (nSPS) is 20.3. The van der Waals surface area contributed by atoms with Crippen LogP contribution in [-0.4, -0.2) is 264 Å². The molecule has 18 rings (SSSR count). The molecule has 0 radical (unpaired) electrons. The molecule has 0 bridgehead atoms. The lowest BCUT2D eigenvalue weighted by Crippen LogP contribution is -2.53. The fourth-order valence-electron chi connectivity index (χ4n) is 17.7. The molecule has 0 saturated carbocycles. The number of carbonyl (C=O) groups excluding carboxylic acids is 7. The lowest BCUT2D eigenvalue weighted by molar-refractivity contribution is -0.138. The highest BCUT2D eigenvalue weighted by atomic mass is 35.5. The zero-order valence-corrected chi connectivity index (χ0v) is 76.2. The fourth-order valence-corrected chi connectivity index (χ4v) is 19.8. The molecule has 6 fully saturated rings. The molecule has 9 aliphatic rings. The monoisotopic (exact) mass is 1890 g/mol. The number of hydrogen-bond acceptors (Lipinski definition) is 28. The van der Waals surface area contributed by atoms with E-state index in [-0.39, 0.29) is 61.5 Å². The first-order valence-electron chi connectivity index (χ1n) is 42.6. The Labute approximate surface area is 780 Å². The first-order valence-corrected chi connectivity index (χ1v) is 46.0. The molecule has 9 aliphatic heterocycles. The zero-order valence-electron chi connectivity index (χ0n) is 72.2. The standard InChI is InChI=1S/C32H33FN6O5S.C31H31ClN6O5S.C30H29ClN6O5S/c1-19-23(4-3-5-24(19)33)28-27(31(42)44-2)25(35-29(36-28)30-34-12-15-45-30)18-37-13-14-38-22(16-37)17-39(32(38)43)21-9-6-20(7-10-21)8-11-26(40)41;1-43-30(41)26-24(34-28(29-33-12-15-44-29)35-27(26)20-5-7-21(32)8-6-20)18-36-13-14-37-23(16-36)17-38(31(37)42)22-9-2-19(3-10-22)4-11-25(39)40;1-41-29(39)25-24(33-27(28-32-10-13-43-28)34-26(25)22-4-2-3-5-23(22)31)16-35-11-12-36-21(14-35)15-37(30(36)40)20-8-6-19(7-9-20)17-42-18-38/h3-7,9-10,12,15,22,28H,8,11,13-14,16-18H2,1-2H3,(H,35,36)(H,40,41);2-3,5-10,12,15,23,27H,4,11,13-14,16-18H2,1H3,(H,34,35)(H,39,40);2-10,13,18,21,26H,11-12,14-17H2,1H3,(H,33,34)/t22-,28-;23-,27-;21-,26-/m000/s1. The number of ether oxygens (including phenoxy) is 4. The average Bonchev–Trinajstić information content (AvgIpc) is 1.50. The summed E-state index contributed by atoms with van der Waals surface area (Å²) >= 11 is 17.1. The Bertz CT molecular complexity index is 6010. The van der Waals surface area contributed by atoms with Gasteiger partial charge in [-0.15, -0.1) is 34.0 Å². The Balaban J connectivity index is 0.000000144. The van der Waals surface area contributed by atoms with Crippen LogP contribution >= 0.6 is 57.2 Å². The summed E-state index contributed by atoms with van der Waals surface area (Å²) in [6.45, 7) is 10.3. The smallest absolute Gasteiger partial charge is 0.338 e. The van der Waals surface area contributed by atoms with E-state index in [1.165, 1.54) is 61.4 Å². The van der Waals surface area contributed by atoms with Crippen molar-refractivity contribution in [2.45, 2.75) is 75.5 Å². The van der Waals surface area contributed by atoms with Crippen LogP contribution in [0.5, 0.6) is 0 Å². The molecule has 39 heteroatoms. The van der Waals surface area contributed by atoms with E-state index in [2.05, 4.69) is 45.6 Å². The number of urea groups is 3. The van der Waals surface area contributed by atoms with Gasteiger partial charge in [-0.1, -0.05) is 102 Å². The number of aliphatic carboxylic acids is 2. The second kappa shape index (κ2) is 41.5. The Morgan fingerprint density at radius 1 is 0.470 bits per heavy atom. The third kappa shape index (κ3) is 20.6. The number of thiazole rings is 3. The van der Waals surface area contributed by atoms with Gasteiger partial charge in [-0.25, -0.2) is 48.1 Å². The number of carboxylic acid groups (broad SMARTS) is 2. The van der Waals surface area contributed by atoms with Crippen molar-refractivity contribution < 1.29 is 76.7 Å². The van der Waals surface area contributed by atoms with Gasteiger partial charge in [-0.05, 0) is 114 Å². The van der Waals surface area contributed by atoms with Crippen LogP contribution in [0, 0.1) is 12.7 Å². The van der Waals surface area contributed by atoms with E-state index in [0.29, 0.717) is 211 Å². The van der Waals surface area contributed by atoms with Gasteiger partial charge in [0.25, 0.3) is 6.47 Å². The van der Waals surface area contributed by atoms with Gasteiger partial charge >= 0.3 is 47.9 Å². The van der Waals surface area contributed by atoms with Crippen LogP contribution in [0.25, 0.3) is 0 Å².